The average molecular weight is 516 g/mol. The quantitative estimate of drug-likeness (QED) is 0.361. The molecule has 190 valence electrons. The predicted molar refractivity (Wildman–Crippen MR) is 134 cm³/mol. The van der Waals surface area contributed by atoms with Gasteiger partial charge in [-0.05, 0) is 39.7 Å². The molecule has 1 atom stereocenters. The van der Waals surface area contributed by atoms with Gasteiger partial charge >= 0.3 is 0 Å². The summed E-state index contributed by atoms with van der Waals surface area (Å²) in [6.07, 6.45) is 11.3. The van der Waals surface area contributed by atoms with Gasteiger partial charge in [0.05, 0.1) is 11.6 Å². The second kappa shape index (κ2) is 10.5. The monoisotopic (exact) mass is 515 g/mol. The van der Waals surface area contributed by atoms with E-state index in [0.717, 1.165) is 12.1 Å². The summed E-state index contributed by atoms with van der Waals surface area (Å²) in [6.45, 7) is 5.19. The molecule has 3 heterocycles. The first kappa shape index (κ1) is 26.9. The normalized spacial score (nSPS) is 12.4. The van der Waals surface area contributed by atoms with Crippen molar-refractivity contribution in [3.8, 4) is 12.8 Å². The molecule has 12 heteroatoms. The number of hydrogen-bond acceptors (Lipinski definition) is 8. The molecular formula is C24H27F2N7O2S. The minimum absolute atomic E-state index is 0.0413. The zero-order chi connectivity index (χ0) is 26.8. The van der Waals surface area contributed by atoms with Gasteiger partial charge in [-0.3, -0.25) is 4.79 Å². The minimum atomic E-state index is -1.10. The number of aromatic nitrogens is 5. The van der Waals surface area contributed by atoms with E-state index >= 15 is 0 Å². The highest BCUT2D eigenvalue weighted by molar-refractivity contribution is 7.13. The average Bonchev–Trinajstić information content (AvgIpc) is 3.48. The Labute approximate surface area is 211 Å². The van der Waals surface area contributed by atoms with E-state index in [0.29, 0.717) is 35.0 Å². The molecule has 0 saturated carbocycles. The number of benzene rings is 1. The molecule has 9 nitrogen and oxygen atoms in total. The molecule has 1 amide bonds. The van der Waals surface area contributed by atoms with Crippen molar-refractivity contribution in [1.82, 2.24) is 29.5 Å². The first-order chi connectivity index (χ1) is 17.0. The Hall–Kier alpha value is -3.69. The fourth-order valence-electron chi connectivity index (χ4n) is 3.59. The first-order valence-corrected chi connectivity index (χ1v) is 11.9. The molecule has 36 heavy (non-hydrogen) atoms. The van der Waals surface area contributed by atoms with Crippen LogP contribution in [0.3, 0.4) is 0 Å². The molecule has 0 radical (unpaired) electrons. The fraction of sp³-hybridized carbons (Fsp3) is 0.375. The molecule has 3 N–H and O–H groups in total. The number of fused-ring (bicyclic) bond motifs is 3. The second-order valence-corrected chi connectivity index (χ2v) is 9.79. The standard InChI is InChI=1S/C22H25F2N7O2S.C2H2/c1-11(30(4)19(32)15-10-26-20(34-15)22(2,3)33)6-5-7-16-27-18-13-8-12(23)9-14(24)17(13)28-21(25)31(18)29-16;1-2/h8-11,33H,5-7H2,1-4H3,(H2,25,28);1-2H/t11-;/m0./s1. The maximum absolute atomic E-state index is 14.1. The maximum atomic E-state index is 14.1. The summed E-state index contributed by atoms with van der Waals surface area (Å²) in [7, 11) is 1.72. The van der Waals surface area contributed by atoms with Crippen molar-refractivity contribution in [3.63, 3.8) is 0 Å². The molecule has 0 aliphatic rings. The van der Waals surface area contributed by atoms with Gasteiger partial charge in [-0.2, -0.15) is 4.52 Å². The highest BCUT2D eigenvalue weighted by Crippen LogP contribution is 2.26. The van der Waals surface area contributed by atoms with Crippen LogP contribution in [0.4, 0.5) is 14.7 Å². The molecule has 0 fully saturated rings. The summed E-state index contributed by atoms with van der Waals surface area (Å²) in [5.74, 6) is -1.30. The number of halogens is 2. The van der Waals surface area contributed by atoms with Crippen LogP contribution in [0, 0.1) is 24.5 Å². The van der Waals surface area contributed by atoms with Crippen molar-refractivity contribution >= 4 is 39.7 Å². The highest BCUT2D eigenvalue weighted by Gasteiger charge is 2.25. The number of hydrogen-bond donors (Lipinski definition) is 2. The largest absolute Gasteiger partial charge is 0.383 e. The van der Waals surface area contributed by atoms with E-state index in [1.165, 1.54) is 22.0 Å². The van der Waals surface area contributed by atoms with E-state index in [1.54, 1.807) is 25.8 Å². The number of nitrogen functional groups attached to an aromatic ring is 1. The van der Waals surface area contributed by atoms with Crippen LogP contribution in [-0.4, -0.2) is 53.6 Å². The summed E-state index contributed by atoms with van der Waals surface area (Å²) in [4.78, 5) is 27.5. The molecule has 0 aliphatic heterocycles. The van der Waals surface area contributed by atoms with Crippen LogP contribution in [-0.2, 0) is 12.0 Å². The molecule has 0 spiro atoms. The Kier molecular flexibility index (Phi) is 7.86. The number of terminal acetylenes is 1. The first-order valence-electron chi connectivity index (χ1n) is 11.0. The third-order valence-corrected chi connectivity index (χ3v) is 6.91. The molecule has 0 aliphatic carbocycles. The van der Waals surface area contributed by atoms with Crippen LogP contribution < -0.4 is 5.73 Å². The van der Waals surface area contributed by atoms with Crippen LogP contribution in [0.25, 0.3) is 16.6 Å². The van der Waals surface area contributed by atoms with Crippen molar-refractivity contribution in [2.75, 3.05) is 12.8 Å². The highest BCUT2D eigenvalue weighted by atomic mass is 32.1. The lowest BCUT2D eigenvalue weighted by Gasteiger charge is -2.24. The minimum Gasteiger partial charge on any atom is -0.383 e. The number of amides is 1. The van der Waals surface area contributed by atoms with Crippen molar-refractivity contribution in [1.29, 1.82) is 0 Å². The van der Waals surface area contributed by atoms with E-state index < -0.39 is 17.2 Å². The Balaban J connectivity index is 0.00000176. The molecule has 0 bridgehead atoms. The van der Waals surface area contributed by atoms with E-state index in [4.69, 9.17) is 5.73 Å². The van der Waals surface area contributed by atoms with Gasteiger partial charge in [0.2, 0.25) is 5.95 Å². The number of rotatable bonds is 7. The third-order valence-electron chi connectivity index (χ3n) is 5.61. The van der Waals surface area contributed by atoms with Crippen molar-refractivity contribution in [2.24, 2.45) is 0 Å². The third kappa shape index (κ3) is 5.42. The van der Waals surface area contributed by atoms with E-state index in [1.807, 2.05) is 6.92 Å². The van der Waals surface area contributed by atoms with E-state index in [2.05, 4.69) is 32.9 Å². The summed E-state index contributed by atoms with van der Waals surface area (Å²) < 4.78 is 29.1. The zero-order valence-corrected chi connectivity index (χ0v) is 21.2. The number of thiazole rings is 1. The summed E-state index contributed by atoms with van der Waals surface area (Å²) in [5.41, 5.74) is 4.98. The number of aryl methyl sites for hydroxylation is 1. The van der Waals surface area contributed by atoms with Crippen LogP contribution in [0.15, 0.2) is 18.3 Å². The fourth-order valence-corrected chi connectivity index (χ4v) is 4.49. The lowest BCUT2D eigenvalue weighted by atomic mass is 10.1. The van der Waals surface area contributed by atoms with Crippen molar-refractivity contribution < 1.29 is 18.7 Å². The molecule has 4 aromatic rings. The lowest BCUT2D eigenvalue weighted by molar-refractivity contribution is 0.0740. The maximum Gasteiger partial charge on any atom is 0.265 e. The topological polar surface area (TPSA) is 123 Å². The number of aliphatic hydroxyl groups is 1. The Morgan fingerprint density at radius 1 is 1.31 bits per heavy atom. The van der Waals surface area contributed by atoms with Crippen molar-refractivity contribution in [3.05, 3.63) is 45.7 Å². The number of anilines is 1. The summed E-state index contributed by atoms with van der Waals surface area (Å²) >= 11 is 1.17. The van der Waals surface area contributed by atoms with Gasteiger partial charge in [0.25, 0.3) is 5.91 Å². The Morgan fingerprint density at radius 3 is 2.64 bits per heavy atom. The van der Waals surface area contributed by atoms with Crippen molar-refractivity contribution in [2.45, 2.75) is 51.7 Å². The lowest BCUT2D eigenvalue weighted by Crippen LogP contribution is -2.34. The number of carbonyl (C=O) groups excluding carboxylic acids is 1. The van der Waals surface area contributed by atoms with Gasteiger partial charge in [-0.1, -0.05) is 0 Å². The number of carbonyl (C=O) groups is 1. The van der Waals surface area contributed by atoms with Gasteiger partial charge in [-0.15, -0.1) is 29.3 Å². The van der Waals surface area contributed by atoms with Gasteiger partial charge < -0.3 is 15.7 Å². The smallest absolute Gasteiger partial charge is 0.265 e. The molecule has 1 aromatic carbocycles. The van der Waals surface area contributed by atoms with Crippen LogP contribution in [0.1, 0.15) is 54.1 Å². The Bertz CT molecular complexity index is 1420. The van der Waals surface area contributed by atoms with Gasteiger partial charge in [0.15, 0.2) is 17.3 Å². The Morgan fingerprint density at radius 2 is 2.00 bits per heavy atom. The number of nitrogens with zero attached hydrogens (tertiary/aromatic N) is 6. The van der Waals surface area contributed by atoms with Crippen LogP contribution in [0.2, 0.25) is 0 Å². The molecule has 3 aromatic heterocycles. The molecular weight excluding hydrogens is 488 g/mol. The number of nitrogens with two attached hydrogens (primary N) is 1. The zero-order valence-electron chi connectivity index (χ0n) is 20.4. The molecule has 4 rings (SSSR count). The SMILES string of the molecule is C#C.C[C@@H](CCCc1nc2c3cc(F)cc(F)c3nc(N)n2n1)N(C)C(=O)c1cnc(C(C)(C)O)s1. The van der Waals surface area contributed by atoms with Crippen LogP contribution >= 0.6 is 11.3 Å². The molecule has 0 saturated heterocycles. The van der Waals surface area contributed by atoms with E-state index in [9.17, 15) is 18.7 Å². The second-order valence-electron chi connectivity index (χ2n) is 8.76. The van der Waals surface area contributed by atoms with Gasteiger partial charge in [0, 0.05) is 25.6 Å². The predicted octanol–water partition coefficient (Wildman–Crippen LogP) is 3.55. The summed E-state index contributed by atoms with van der Waals surface area (Å²) in [6, 6.07) is 1.83. The van der Waals surface area contributed by atoms with E-state index in [-0.39, 0.29) is 34.4 Å². The summed E-state index contributed by atoms with van der Waals surface area (Å²) in [5, 5.41) is 15.1. The van der Waals surface area contributed by atoms with Crippen LogP contribution in [0.5, 0.6) is 0 Å². The molecule has 0 unspecified atom stereocenters. The van der Waals surface area contributed by atoms with Gasteiger partial charge in [0.1, 0.15) is 26.8 Å². The van der Waals surface area contributed by atoms with Gasteiger partial charge in [-0.25, -0.2) is 23.7 Å².